The van der Waals surface area contributed by atoms with Gasteiger partial charge in [0.05, 0.1) is 12.9 Å². The molecular weight excluding hydrogens is 246 g/mol. The van der Waals surface area contributed by atoms with Crippen LogP contribution in [0.4, 0.5) is 11.8 Å². The molecule has 0 atom stereocenters. The number of carbonyl (C=O) groups excluding carboxylic acids is 1. The van der Waals surface area contributed by atoms with Gasteiger partial charge >= 0.3 is 0 Å². The number of rotatable bonds is 4. The fraction of sp³-hybridized carbons (Fsp3) is 0.455. The summed E-state index contributed by atoms with van der Waals surface area (Å²) in [5, 5.41) is 0. The lowest BCUT2D eigenvalue weighted by Crippen LogP contribution is -2.37. The first kappa shape index (κ1) is 13.1. The standard InChI is InChI=1S/C11H17N7O/c1-4-18(5-7(19)17(2)3)10-8-9(14-6-13-8)15-11(12)16-10/h6H,4-5H2,1-3H3,(H3,12,13,14,15,16). The molecule has 8 heteroatoms. The number of nitrogens with zero attached hydrogens (tertiary/aromatic N) is 5. The van der Waals surface area contributed by atoms with Gasteiger partial charge in [0.25, 0.3) is 0 Å². The van der Waals surface area contributed by atoms with Crippen molar-refractivity contribution in [2.24, 2.45) is 0 Å². The molecule has 0 aliphatic heterocycles. The predicted octanol–water partition coefficient (Wildman–Crippen LogP) is -0.150. The van der Waals surface area contributed by atoms with Crippen molar-refractivity contribution in [3.8, 4) is 0 Å². The minimum atomic E-state index is -0.00769. The quantitative estimate of drug-likeness (QED) is 0.795. The first-order valence-corrected chi connectivity index (χ1v) is 5.94. The Balaban J connectivity index is 2.40. The maximum Gasteiger partial charge on any atom is 0.241 e. The molecule has 0 spiro atoms. The van der Waals surface area contributed by atoms with Crippen LogP contribution in [-0.4, -0.2) is 57.9 Å². The lowest BCUT2D eigenvalue weighted by atomic mass is 10.4. The first-order chi connectivity index (χ1) is 9.02. The monoisotopic (exact) mass is 263 g/mol. The zero-order valence-corrected chi connectivity index (χ0v) is 11.2. The third-order valence-corrected chi connectivity index (χ3v) is 2.79. The van der Waals surface area contributed by atoms with Crippen LogP contribution >= 0.6 is 0 Å². The molecule has 2 heterocycles. The van der Waals surface area contributed by atoms with Gasteiger partial charge in [0.15, 0.2) is 11.5 Å². The van der Waals surface area contributed by atoms with Gasteiger partial charge in [-0.05, 0) is 6.92 Å². The Hall–Kier alpha value is -2.38. The number of hydrogen-bond donors (Lipinski definition) is 2. The third-order valence-electron chi connectivity index (χ3n) is 2.79. The van der Waals surface area contributed by atoms with Crippen LogP contribution in [0.1, 0.15) is 6.92 Å². The Morgan fingerprint density at radius 3 is 2.79 bits per heavy atom. The molecule has 2 rings (SSSR count). The van der Waals surface area contributed by atoms with Crippen molar-refractivity contribution in [2.45, 2.75) is 6.92 Å². The van der Waals surface area contributed by atoms with E-state index in [2.05, 4.69) is 19.9 Å². The van der Waals surface area contributed by atoms with Gasteiger partial charge in [0.2, 0.25) is 11.9 Å². The van der Waals surface area contributed by atoms with Crippen LogP contribution in [0.3, 0.4) is 0 Å². The van der Waals surface area contributed by atoms with E-state index in [0.29, 0.717) is 23.5 Å². The van der Waals surface area contributed by atoms with Gasteiger partial charge in [-0.25, -0.2) is 4.98 Å². The minimum Gasteiger partial charge on any atom is -0.368 e. The van der Waals surface area contributed by atoms with Gasteiger partial charge < -0.3 is 20.5 Å². The molecule has 8 nitrogen and oxygen atoms in total. The lowest BCUT2D eigenvalue weighted by Gasteiger charge is -2.23. The molecule has 0 aliphatic carbocycles. The summed E-state index contributed by atoms with van der Waals surface area (Å²) in [4.78, 5) is 30.5. The van der Waals surface area contributed by atoms with Crippen molar-refractivity contribution in [1.29, 1.82) is 0 Å². The molecule has 2 aromatic rings. The summed E-state index contributed by atoms with van der Waals surface area (Å²) in [6.45, 7) is 2.81. The second-order valence-electron chi connectivity index (χ2n) is 4.31. The normalized spacial score (nSPS) is 10.7. The molecule has 19 heavy (non-hydrogen) atoms. The molecule has 102 valence electrons. The smallest absolute Gasteiger partial charge is 0.241 e. The number of aromatic amines is 1. The van der Waals surface area contributed by atoms with Crippen LogP contribution in [-0.2, 0) is 4.79 Å². The van der Waals surface area contributed by atoms with Crippen LogP contribution < -0.4 is 10.6 Å². The summed E-state index contributed by atoms with van der Waals surface area (Å²) in [7, 11) is 3.44. The molecular formula is C11H17N7O. The number of nitrogens with one attached hydrogen (secondary N) is 1. The number of aromatic nitrogens is 4. The van der Waals surface area contributed by atoms with Gasteiger partial charge in [-0.15, -0.1) is 0 Å². The topological polar surface area (TPSA) is 104 Å². The van der Waals surface area contributed by atoms with Gasteiger partial charge in [-0.3, -0.25) is 4.79 Å². The predicted molar refractivity (Wildman–Crippen MR) is 72.7 cm³/mol. The molecule has 0 radical (unpaired) electrons. The SMILES string of the molecule is CCN(CC(=O)N(C)C)c1nc(N)nc2nc[nH]c12. The van der Waals surface area contributed by atoms with Crippen molar-refractivity contribution in [1.82, 2.24) is 24.8 Å². The fourth-order valence-corrected chi connectivity index (χ4v) is 1.70. The first-order valence-electron chi connectivity index (χ1n) is 5.94. The second kappa shape index (κ2) is 5.09. The highest BCUT2D eigenvalue weighted by Crippen LogP contribution is 2.21. The second-order valence-corrected chi connectivity index (χ2v) is 4.31. The highest BCUT2D eigenvalue weighted by molar-refractivity contribution is 5.87. The molecule has 3 N–H and O–H groups in total. The van der Waals surface area contributed by atoms with Crippen LogP contribution in [0.15, 0.2) is 6.33 Å². The fourth-order valence-electron chi connectivity index (χ4n) is 1.70. The molecule has 0 saturated heterocycles. The Bertz CT molecular complexity index is 592. The van der Waals surface area contributed by atoms with Crippen molar-refractivity contribution < 1.29 is 4.79 Å². The van der Waals surface area contributed by atoms with E-state index in [0.717, 1.165) is 0 Å². The maximum absolute atomic E-state index is 11.8. The van der Waals surface area contributed by atoms with E-state index in [4.69, 9.17) is 5.73 Å². The van der Waals surface area contributed by atoms with E-state index >= 15 is 0 Å². The number of nitrogen functional groups attached to an aromatic ring is 1. The Kier molecular flexibility index (Phi) is 3.50. The van der Waals surface area contributed by atoms with Crippen LogP contribution in [0, 0.1) is 0 Å². The van der Waals surface area contributed by atoms with Crippen LogP contribution in [0.25, 0.3) is 11.2 Å². The number of carbonyl (C=O) groups is 1. The summed E-state index contributed by atoms with van der Waals surface area (Å²) < 4.78 is 0. The van der Waals surface area contributed by atoms with Crippen LogP contribution in [0.5, 0.6) is 0 Å². The molecule has 0 fully saturated rings. The third kappa shape index (κ3) is 2.56. The summed E-state index contributed by atoms with van der Waals surface area (Å²) in [5.74, 6) is 0.731. The average Bonchev–Trinajstić information content (AvgIpc) is 2.82. The highest BCUT2D eigenvalue weighted by atomic mass is 16.2. The van der Waals surface area contributed by atoms with E-state index in [1.165, 1.54) is 11.2 Å². The Morgan fingerprint density at radius 2 is 2.16 bits per heavy atom. The summed E-state index contributed by atoms with van der Waals surface area (Å²) >= 11 is 0. The summed E-state index contributed by atoms with van der Waals surface area (Å²) in [6, 6.07) is 0. The van der Waals surface area contributed by atoms with E-state index in [1.54, 1.807) is 14.1 Å². The lowest BCUT2D eigenvalue weighted by molar-refractivity contribution is -0.127. The molecule has 0 saturated carbocycles. The van der Waals surface area contributed by atoms with Gasteiger partial charge in [0.1, 0.15) is 5.52 Å². The molecule has 0 aliphatic rings. The Labute approximate surface area is 110 Å². The molecule has 0 unspecified atom stereocenters. The highest BCUT2D eigenvalue weighted by Gasteiger charge is 2.17. The van der Waals surface area contributed by atoms with Crippen molar-refractivity contribution in [3.05, 3.63) is 6.33 Å². The Morgan fingerprint density at radius 1 is 1.42 bits per heavy atom. The molecule has 1 amide bonds. The number of H-pyrrole nitrogens is 1. The zero-order valence-electron chi connectivity index (χ0n) is 11.2. The van der Waals surface area contributed by atoms with Crippen molar-refractivity contribution in [3.63, 3.8) is 0 Å². The zero-order chi connectivity index (χ0) is 14.0. The number of amides is 1. The molecule has 0 bridgehead atoms. The summed E-state index contributed by atoms with van der Waals surface area (Å²) in [5.41, 5.74) is 6.85. The summed E-state index contributed by atoms with van der Waals surface area (Å²) in [6.07, 6.45) is 1.53. The van der Waals surface area contributed by atoms with Gasteiger partial charge in [0, 0.05) is 20.6 Å². The molecule has 2 aromatic heterocycles. The van der Waals surface area contributed by atoms with E-state index < -0.39 is 0 Å². The molecule has 0 aromatic carbocycles. The number of likely N-dealkylation sites (N-methyl/N-ethyl adjacent to an activating group) is 2. The average molecular weight is 263 g/mol. The van der Waals surface area contributed by atoms with Crippen LogP contribution in [0.2, 0.25) is 0 Å². The van der Waals surface area contributed by atoms with E-state index in [-0.39, 0.29) is 18.4 Å². The number of nitrogens with two attached hydrogens (primary N) is 1. The van der Waals surface area contributed by atoms with Gasteiger partial charge in [-0.2, -0.15) is 9.97 Å². The number of anilines is 2. The number of hydrogen-bond acceptors (Lipinski definition) is 6. The van der Waals surface area contributed by atoms with E-state index in [9.17, 15) is 4.79 Å². The van der Waals surface area contributed by atoms with E-state index in [1.807, 2.05) is 11.8 Å². The van der Waals surface area contributed by atoms with Gasteiger partial charge in [-0.1, -0.05) is 0 Å². The minimum absolute atomic E-state index is 0.00769. The van der Waals surface area contributed by atoms with Crippen molar-refractivity contribution >= 4 is 28.8 Å². The largest absolute Gasteiger partial charge is 0.368 e. The maximum atomic E-state index is 11.8. The number of fused-ring (bicyclic) bond motifs is 1. The number of imidazole rings is 1. The van der Waals surface area contributed by atoms with Crippen molar-refractivity contribution in [2.75, 3.05) is 37.8 Å².